The van der Waals surface area contributed by atoms with E-state index in [4.69, 9.17) is 4.55 Å². The van der Waals surface area contributed by atoms with Crippen LogP contribution in [0.15, 0.2) is 41.4 Å². The van der Waals surface area contributed by atoms with Crippen LogP contribution in [-0.4, -0.2) is 47.9 Å². The number of amides is 3. The number of urea groups is 1. The number of thiazole rings is 1. The first-order valence-electron chi connectivity index (χ1n) is 9.92. The summed E-state index contributed by atoms with van der Waals surface area (Å²) in [6.45, 7) is 4.20. The monoisotopic (exact) mass is 479 g/mol. The lowest BCUT2D eigenvalue weighted by Crippen LogP contribution is -2.46. The van der Waals surface area contributed by atoms with Crippen LogP contribution >= 0.6 is 11.3 Å². The Kier molecular flexibility index (Phi) is 7.48. The van der Waals surface area contributed by atoms with Crippen LogP contribution in [0, 0.1) is 0 Å². The molecule has 0 unspecified atom stereocenters. The summed E-state index contributed by atoms with van der Waals surface area (Å²) in [5.41, 5.74) is 2.92. The van der Waals surface area contributed by atoms with Gasteiger partial charge in [-0.2, -0.15) is 8.42 Å². The zero-order valence-corrected chi connectivity index (χ0v) is 19.3. The maximum Gasteiger partial charge on any atom is 0.357 e. The van der Waals surface area contributed by atoms with Gasteiger partial charge in [-0.15, -0.1) is 11.3 Å². The smallest absolute Gasteiger partial charge is 0.345 e. The summed E-state index contributed by atoms with van der Waals surface area (Å²) in [4.78, 5) is 30.7. The Hall–Kier alpha value is -2.96. The minimum atomic E-state index is -4.35. The van der Waals surface area contributed by atoms with Crippen molar-refractivity contribution in [3.8, 4) is 0 Å². The van der Waals surface area contributed by atoms with Gasteiger partial charge in [0, 0.05) is 18.1 Å². The van der Waals surface area contributed by atoms with Gasteiger partial charge in [0.05, 0.1) is 17.4 Å². The highest BCUT2D eigenvalue weighted by atomic mass is 32.2. The van der Waals surface area contributed by atoms with Gasteiger partial charge in [0.15, 0.2) is 0 Å². The maximum atomic E-state index is 12.7. The second kappa shape index (κ2) is 10.1. The van der Waals surface area contributed by atoms with Crippen LogP contribution in [-0.2, 0) is 27.9 Å². The van der Waals surface area contributed by atoms with Crippen molar-refractivity contribution in [3.05, 3.63) is 57.7 Å². The van der Waals surface area contributed by atoms with Crippen LogP contribution < -0.4 is 15.4 Å². The maximum absolute atomic E-state index is 12.7. The van der Waals surface area contributed by atoms with Gasteiger partial charge >= 0.3 is 16.3 Å². The van der Waals surface area contributed by atoms with E-state index in [1.54, 1.807) is 18.3 Å². The van der Waals surface area contributed by atoms with Crippen molar-refractivity contribution in [1.82, 2.24) is 20.5 Å². The second-order valence-electron chi connectivity index (χ2n) is 7.39. The minimum Gasteiger partial charge on any atom is -0.345 e. The Morgan fingerprint density at radius 2 is 2.06 bits per heavy atom. The number of carbonyl (C=O) groups excluding carboxylic acids is 2. The van der Waals surface area contributed by atoms with E-state index in [9.17, 15) is 18.0 Å². The molecule has 2 heterocycles. The molecule has 1 aliphatic heterocycles. The molecule has 2 aromatic rings. The Balaban J connectivity index is 1.74. The van der Waals surface area contributed by atoms with Crippen molar-refractivity contribution in [2.75, 3.05) is 17.8 Å². The summed E-state index contributed by atoms with van der Waals surface area (Å²) >= 11 is 1.45. The van der Waals surface area contributed by atoms with E-state index in [0.29, 0.717) is 13.0 Å². The van der Waals surface area contributed by atoms with Crippen LogP contribution in [0.5, 0.6) is 0 Å². The van der Waals surface area contributed by atoms with E-state index >= 15 is 0 Å². The van der Waals surface area contributed by atoms with Crippen LogP contribution in [0.1, 0.15) is 36.2 Å². The Labute approximate surface area is 190 Å². The molecule has 0 spiro atoms. The molecule has 0 fully saturated rings. The van der Waals surface area contributed by atoms with Gasteiger partial charge in [0.25, 0.3) is 0 Å². The Morgan fingerprint density at radius 1 is 1.34 bits per heavy atom. The SMILES string of the molecule is CCc1csc([C@H](Cc2ccc(NS(=O)(=O)O)cc2)NC(=O)CN2C=C(C)CNC2=O)n1. The quantitative estimate of drug-likeness (QED) is 0.407. The van der Waals surface area contributed by atoms with Crippen molar-refractivity contribution < 1.29 is 22.6 Å². The summed E-state index contributed by atoms with van der Waals surface area (Å²) in [7, 11) is -4.35. The van der Waals surface area contributed by atoms with Crippen LogP contribution in [0.2, 0.25) is 0 Å². The highest BCUT2D eigenvalue weighted by Crippen LogP contribution is 2.24. The number of carbonyl (C=O) groups is 2. The molecule has 172 valence electrons. The van der Waals surface area contributed by atoms with E-state index in [1.807, 2.05) is 23.9 Å². The van der Waals surface area contributed by atoms with Crippen molar-refractivity contribution in [1.29, 1.82) is 0 Å². The zero-order valence-electron chi connectivity index (χ0n) is 17.7. The average Bonchev–Trinajstić information content (AvgIpc) is 3.20. The molecule has 1 aliphatic rings. The van der Waals surface area contributed by atoms with E-state index in [0.717, 1.165) is 28.3 Å². The fourth-order valence-electron chi connectivity index (χ4n) is 3.14. The summed E-state index contributed by atoms with van der Waals surface area (Å²) in [5, 5.41) is 8.35. The summed E-state index contributed by atoms with van der Waals surface area (Å²) in [5.74, 6) is -0.325. The number of aromatic nitrogens is 1. The highest BCUT2D eigenvalue weighted by molar-refractivity contribution is 7.87. The molecule has 0 bridgehead atoms. The predicted molar refractivity (Wildman–Crippen MR) is 122 cm³/mol. The lowest BCUT2D eigenvalue weighted by atomic mass is 10.1. The van der Waals surface area contributed by atoms with Gasteiger partial charge in [-0.1, -0.05) is 19.1 Å². The standard InChI is InChI=1S/C20H25N5O5S2/c1-3-15-12-31-19(22-15)17(8-14-4-6-16(7-5-14)24-32(28,29)30)23-18(26)11-25-10-13(2)9-21-20(25)27/h4-7,10,12,17,24H,3,8-9,11H2,1-2H3,(H,21,27)(H,23,26)(H,28,29,30)/t17-/m0/s1. The van der Waals surface area contributed by atoms with Gasteiger partial charge in [0.1, 0.15) is 11.6 Å². The van der Waals surface area contributed by atoms with E-state index < -0.39 is 16.3 Å². The number of nitrogens with one attached hydrogen (secondary N) is 3. The number of hydrogen-bond acceptors (Lipinski definition) is 6. The normalized spacial score (nSPS) is 15.0. The van der Waals surface area contributed by atoms with Gasteiger partial charge < -0.3 is 10.6 Å². The number of benzene rings is 1. The number of hydrogen-bond donors (Lipinski definition) is 4. The first-order valence-corrected chi connectivity index (χ1v) is 12.2. The molecule has 12 heteroatoms. The van der Waals surface area contributed by atoms with Crippen LogP contribution in [0.3, 0.4) is 0 Å². The largest absolute Gasteiger partial charge is 0.357 e. The second-order valence-corrected chi connectivity index (χ2v) is 9.43. The van der Waals surface area contributed by atoms with Crippen molar-refractivity contribution in [2.45, 2.75) is 32.7 Å². The van der Waals surface area contributed by atoms with Gasteiger partial charge in [-0.3, -0.25) is 19.0 Å². The van der Waals surface area contributed by atoms with Gasteiger partial charge in [0.2, 0.25) is 5.91 Å². The number of rotatable bonds is 9. The Bertz CT molecular complexity index is 1110. The van der Waals surface area contributed by atoms with Crippen molar-refractivity contribution in [3.63, 3.8) is 0 Å². The fourth-order valence-corrected chi connectivity index (χ4v) is 4.52. The molecule has 0 radical (unpaired) electrons. The molecule has 4 N–H and O–H groups in total. The van der Waals surface area contributed by atoms with E-state index in [-0.39, 0.29) is 24.2 Å². The topological polar surface area (TPSA) is 141 Å². The zero-order chi connectivity index (χ0) is 23.3. The average molecular weight is 480 g/mol. The van der Waals surface area contributed by atoms with Gasteiger partial charge in [-0.25, -0.2) is 9.78 Å². The molecular weight excluding hydrogens is 454 g/mol. The Morgan fingerprint density at radius 3 is 2.69 bits per heavy atom. The first kappa shape index (κ1) is 23.7. The molecule has 32 heavy (non-hydrogen) atoms. The molecule has 10 nitrogen and oxygen atoms in total. The van der Waals surface area contributed by atoms with Crippen LogP contribution in [0.4, 0.5) is 10.5 Å². The molecule has 0 aliphatic carbocycles. The fraction of sp³-hybridized carbons (Fsp3) is 0.350. The number of aryl methyl sites for hydroxylation is 1. The lowest BCUT2D eigenvalue weighted by Gasteiger charge is -2.25. The number of anilines is 1. The van der Waals surface area contributed by atoms with Gasteiger partial charge in [-0.05, 0) is 43.0 Å². The van der Waals surface area contributed by atoms with Crippen LogP contribution in [0.25, 0.3) is 0 Å². The molecular formula is C20H25N5O5S2. The summed E-state index contributed by atoms with van der Waals surface area (Å²) < 4.78 is 32.8. The lowest BCUT2D eigenvalue weighted by molar-refractivity contribution is -0.122. The molecule has 3 amide bonds. The van der Waals surface area contributed by atoms with E-state index in [2.05, 4.69) is 15.6 Å². The van der Waals surface area contributed by atoms with E-state index in [1.165, 1.54) is 28.4 Å². The van der Waals surface area contributed by atoms with Crippen molar-refractivity contribution >= 4 is 39.3 Å². The number of nitrogens with zero attached hydrogens (tertiary/aromatic N) is 2. The predicted octanol–water partition coefficient (Wildman–Crippen LogP) is 2.25. The molecule has 1 aromatic heterocycles. The summed E-state index contributed by atoms with van der Waals surface area (Å²) in [6.07, 6.45) is 2.84. The minimum absolute atomic E-state index is 0.122. The molecule has 1 atom stereocenters. The molecule has 1 aromatic carbocycles. The molecule has 3 rings (SSSR count). The molecule has 0 saturated heterocycles. The third kappa shape index (κ3) is 6.77. The highest BCUT2D eigenvalue weighted by Gasteiger charge is 2.23. The third-order valence-corrected chi connectivity index (χ3v) is 6.18. The third-order valence-electron chi connectivity index (χ3n) is 4.68. The van der Waals surface area contributed by atoms with Crippen molar-refractivity contribution in [2.24, 2.45) is 0 Å². The molecule has 0 saturated carbocycles. The first-order chi connectivity index (χ1) is 15.1. The summed E-state index contributed by atoms with van der Waals surface area (Å²) in [6, 6.07) is 5.69.